The second kappa shape index (κ2) is 43.8. The SMILES string of the molecule is CCCCCCCCCCCCCCCCCCCCCC/C=C/C(O)C(COC1OC(CO)C(O)C(O)C1O)NC(=O)CCCCCCCCCCCCCCCCCCC. The van der Waals surface area contributed by atoms with Crippen molar-refractivity contribution >= 4 is 5.91 Å². The van der Waals surface area contributed by atoms with Crippen LogP contribution in [0.1, 0.15) is 264 Å². The van der Waals surface area contributed by atoms with E-state index in [1.807, 2.05) is 6.08 Å². The molecule has 0 aliphatic carbocycles. The Kier molecular flexibility index (Phi) is 41.6. The van der Waals surface area contributed by atoms with Crippen molar-refractivity contribution in [2.24, 2.45) is 0 Å². The standard InChI is InChI=1S/C53H103NO8/c1-3-5-7-9-11-13-15-17-19-21-22-23-24-25-27-28-30-32-34-36-38-40-42-47(56)46(45-61-53-52(60)51(59)50(58)48(44-55)62-53)54-49(57)43-41-39-37-35-33-31-29-26-20-18-16-14-12-10-8-6-4-2/h40,42,46-48,50-53,55-56,58-60H,3-39,41,43-45H2,1-2H3,(H,54,57)/b42-40+. The van der Waals surface area contributed by atoms with E-state index >= 15 is 0 Å². The molecule has 62 heavy (non-hydrogen) atoms. The zero-order valence-electron chi connectivity index (χ0n) is 40.6. The van der Waals surface area contributed by atoms with E-state index in [2.05, 4.69) is 19.2 Å². The molecule has 0 radical (unpaired) electrons. The second-order valence-corrected chi connectivity index (χ2v) is 19.0. The van der Waals surface area contributed by atoms with E-state index < -0.39 is 49.5 Å². The highest BCUT2D eigenvalue weighted by atomic mass is 16.7. The predicted molar refractivity (Wildman–Crippen MR) is 258 cm³/mol. The van der Waals surface area contributed by atoms with Crippen LogP contribution in [0.25, 0.3) is 0 Å². The molecule has 7 atom stereocenters. The van der Waals surface area contributed by atoms with Crippen molar-refractivity contribution in [1.82, 2.24) is 5.32 Å². The first kappa shape index (κ1) is 58.9. The summed E-state index contributed by atoms with van der Waals surface area (Å²) < 4.78 is 11.3. The lowest BCUT2D eigenvalue weighted by atomic mass is 9.99. The number of hydrogen-bond acceptors (Lipinski definition) is 8. The number of rotatable bonds is 46. The molecule has 0 aromatic rings. The van der Waals surface area contributed by atoms with Gasteiger partial charge in [-0.2, -0.15) is 0 Å². The Bertz CT molecular complexity index is 981. The summed E-state index contributed by atoms with van der Waals surface area (Å²) in [6.07, 6.45) is 45.5. The fraction of sp³-hybridized carbons (Fsp3) is 0.943. The van der Waals surface area contributed by atoms with Crippen molar-refractivity contribution in [2.75, 3.05) is 13.2 Å². The zero-order chi connectivity index (χ0) is 45.1. The number of carbonyl (C=O) groups is 1. The van der Waals surface area contributed by atoms with Gasteiger partial charge in [0.05, 0.1) is 25.4 Å². The maximum Gasteiger partial charge on any atom is 0.220 e. The fourth-order valence-corrected chi connectivity index (χ4v) is 8.81. The second-order valence-electron chi connectivity index (χ2n) is 19.0. The average molecular weight is 882 g/mol. The molecule has 6 N–H and O–H groups in total. The molecule has 7 unspecified atom stereocenters. The van der Waals surface area contributed by atoms with Gasteiger partial charge in [0, 0.05) is 6.42 Å². The van der Waals surface area contributed by atoms with E-state index in [-0.39, 0.29) is 12.5 Å². The van der Waals surface area contributed by atoms with Crippen LogP contribution in [-0.2, 0) is 14.3 Å². The van der Waals surface area contributed by atoms with Gasteiger partial charge in [-0.25, -0.2) is 0 Å². The smallest absolute Gasteiger partial charge is 0.220 e. The molecule has 1 fully saturated rings. The topological polar surface area (TPSA) is 149 Å². The van der Waals surface area contributed by atoms with Gasteiger partial charge in [-0.1, -0.05) is 251 Å². The lowest BCUT2D eigenvalue weighted by Crippen LogP contribution is -2.60. The molecule has 1 amide bonds. The molecule has 0 spiro atoms. The number of hydrogen-bond donors (Lipinski definition) is 6. The van der Waals surface area contributed by atoms with Crippen LogP contribution >= 0.6 is 0 Å². The molecule has 368 valence electrons. The van der Waals surface area contributed by atoms with Gasteiger partial charge in [-0.05, 0) is 19.3 Å². The minimum absolute atomic E-state index is 0.171. The summed E-state index contributed by atoms with van der Waals surface area (Å²) in [6, 6.07) is -0.799. The van der Waals surface area contributed by atoms with Crippen LogP contribution in [0.15, 0.2) is 12.2 Å². The van der Waals surface area contributed by atoms with Crippen molar-refractivity contribution in [3.05, 3.63) is 12.2 Å². The van der Waals surface area contributed by atoms with E-state index in [9.17, 15) is 30.3 Å². The number of ether oxygens (including phenoxy) is 2. The summed E-state index contributed by atoms with van der Waals surface area (Å²) in [7, 11) is 0. The van der Waals surface area contributed by atoms with Crippen molar-refractivity contribution in [3.63, 3.8) is 0 Å². The van der Waals surface area contributed by atoms with Crippen molar-refractivity contribution in [1.29, 1.82) is 0 Å². The van der Waals surface area contributed by atoms with Crippen LogP contribution in [0.3, 0.4) is 0 Å². The van der Waals surface area contributed by atoms with Gasteiger partial charge in [-0.15, -0.1) is 0 Å². The molecule has 1 heterocycles. The van der Waals surface area contributed by atoms with Crippen LogP contribution in [0.2, 0.25) is 0 Å². The number of carbonyl (C=O) groups excluding carboxylic acids is 1. The van der Waals surface area contributed by atoms with Crippen LogP contribution in [0.4, 0.5) is 0 Å². The van der Waals surface area contributed by atoms with Gasteiger partial charge < -0.3 is 40.3 Å². The highest BCUT2D eigenvalue weighted by Gasteiger charge is 2.44. The monoisotopic (exact) mass is 882 g/mol. The Hall–Kier alpha value is -1.07. The molecule has 9 heteroatoms. The Balaban J connectivity index is 2.26. The number of unbranched alkanes of at least 4 members (excludes halogenated alkanes) is 36. The van der Waals surface area contributed by atoms with Crippen LogP contribution in [0.5, 0.6) is 0 Å². The largest absolute Gasteiger partial charge is 0.394 e. The zero-order valence-corrected chi connectivity index (χ0v) is 40.6. The summed E-state index contributed by atoms with van der Waals surface area (Å²) in [6.45, 7) is 3.81. The first-order valence-electron chi connectivity index (χ1n) is 26.9. The molecule has 1 saturated heterocycles. The van der Waals surface area contributed by atoms with Crippen LogP contribution in [0, 0.1) is 0 Å². The number of amides is 1. The predicted octanol–water partition coefficient (Wildman–Crippen LogP) is 12.5. The summed E-state index contributed by atoms with van der Waals surface area (Å²) in [5.41, 5.74) is 0. The minimum Gasteiger partial charge on any atom is -0.394 e. The molecule has 1 aliphatic heterocycles. The Morgan fingerprint density at radius 1 is 0.532 bits per heavy atom. The lowest BCUT2D eigenvalue weighted by molar-refractivity contribution is -0.302. The van der Waals surface area contributed by atoms with E-state index in [1.165, 1.54) is 205 Å². The molecular weight excluding hydrogens is 779 g/mol. The Morgan fingerprint density at radius 2 is 0.887 bits per heavy atom. The van der Waals surface area contributed by atoms with Gasteiger partial charge in [0.1, 0.15) is 24.4 Å². The number of aliphatic hydroxyl groups is 5. The summed E-state index contributed by atoms with van der Waals surface area (Å²) in [5, 5.41) is 54.4. The molecule has 9 nitrogen and oxygen atoms in total. The first-order valence-corrected chi connectivity index (χ1v) is 26.9. The molecule has 0 saturated carbocycles. The van der Waals surface area contributed by atoms with E-state index in [0.717, 1.165) is 38.5 Å². The van der Waals surface area contributed by atoms with Crippen molar-refractivity contribution in [2.45, 2.75) is 307 Å². The van der Waals surface area contributed by atoms with Gasteiger partial charge in [0.25, 0.3) is 0 Å². The average Bonchev–Trinajstić information content (AvgIpc) is 3.27. The Labute approximate surface area is 382 Å². The molecular formula is C53H103NO8. The minimum atomic E-state index is -1.56. The third-order valence-electron chi connectivity index (χ3n) is 13.1. The van der Waals surface area contributed by atoms with Crippen molar-refractivity contribution in [3.8, 4) is 0 Å². The third-order valence-corrected chi connectivity index (χ3v) is 13.1. The maximum atomic E-state index is 13.0. The lowest BCUT2D eigenvalue weighted by Gasteiger charge is -2.40. The van der Waals surface area contributed by atoms with Gasteiger partial charge in [0.2, 0.25) is 5.91 Å². The summed E-state index contributed by atoms with van der Waals surface area (Å²) >= 11 is 0. The number of aliphatic hydroxyl groups excluding tert-OH is 5. The molecule has 1 rings (SSSR count). The van der Waals surface area contributed by atoms with Crippen molar-refractivity contribution < 1.29 is 39.8 Å². The highest BCUT2D eigenvalue weighted by molar-refractivity contribution is 5.76. The summed E-state index contributed by atoms with van der Waals surface area (Å²) in [4.78, 5) is 13.0. The van der Waals surface area contributed by atoms with Crippen LogP contribution < -0.4 is 5.32 Å². The molecule has 0 bridgehead atoms. The molecule has 0 aromatic heterocycles. The van der Waals surface area contributed by atoms with Crippen LogP contribution in [-0.4, -0.2) is 87.5 Å². The third kappa shape index (κ3) is 33.4. The van der Waals surface area contributed by atoms with E-state index in [1.54, 1.807) is 6.08 Å². The number of nitrogens with one attached hydrogen (secondary N) is 1. The fourth-order valence-electron chi connectivity index (χ4n) is 8.81. The van der Waals surface area contributed by atoms with Gasteiger partial charge in [-0.3, -0.25) is 4.79 Å². The van der Waals surface area contributed by atoms with E-state index in [0.29, 0.717) is 6.42 Å². The number of allylic oxidation sites excluding steroid dienone is 1. The van der Waals surface area contributed by atoms with E-state index in [4.69, 9.17) is 9.47 Å². The summed E-state index contributed by atoms with van der Waals surface area (Å²) in [5.74, 6) is -0.171. The first-order chi connectivity index (χ1) is 30.3. The highest BCUT2D eigenvalue weighted by Crippen LogP contribution is 2.23. The molecule has 1 aliphatic rings. The van der Waals surface area contributed by atoms with Gasteiger partial charge in [0.15, 0.2) is 6.29 Å². The van der Waals surface area contributed by atoms with Gasteiger partial charge >= 0.3 is 0 Å². The maximum absolute atomic E-state index is 13.0. The normalized spacial score (nSPS) is 20.3. The Morgan fingerprint density at radius 3 is 1.26 bits per heavy atom. The quantitative estimate of drug-likeness (QED) is 0.0261. The molecule has 0 aromatic carbocycles.